The molecule has 2 aliphatic heterocycles. The Kier molecular flexibility index (Phi) is 6.15. The molecule has 0 saturated carbocycles. The SMILES string of the molecule is Cc1cc2c(cc1S(=O)(=O)N1CCC[C@@H]1C(=O)NCc1ccccc1Cl)O[C@@H](C)C(=O)N2. The Hall–Kier alpha value is -2.62. The van der Waals surface area contributed by atoms with Crippen molar-refractivity contribution in [2.45, 2.75) is 50.3 Å². The first-order valence-corrected chi connectivity index (χ1v) is 12.2. The normalized spacial score (nSPS) is 20.9. The van der Waals surface area contributed by atoms with E-state index >= 15 is 0 Å². The zero-order valence-corrected chi connectivity index (χ0v) is 19.3. The van der Waals surface area contributed by atoms with E-state index < -0.39 is 22.2 Å². The second-order valence-corrected chi connectivity index (χ2v) is 10.2. The van der Waals surface area contributed by atoms with Crippen molar-refractivity contribution in [3.05, 3.63) is 52.5 Å². The molecule has 2 aliphatic rings. The predicted molar refractivity (Wildman–Crippen MR) is 120 cm³/mol. The van der Waals surface area contributed by atoms with Crippen molar-refractivity contribution in [2.75, 3.05) is 11.9 Å². The van der Waals surface area contributed by atoms with Gasteiger partial charge in [0.05, 0.1) is 10.6 Å². The maximum Gasteiger partial charge on any atom is 0.265 e. The topological polar surface area (TPSA) is 105 Å². The summed E-state index contributed by atoms with van der Waals surface area (Å²) < 4.78 is 33.9. The van der Waals surface area contributed by atoms with Crippen molar-refractivity contribution in [2.24, 2.45) is 0 Å². The monoisotopic (exact) mass is 477 g/mol. The number of sulfonamides is 1. The van der Waals surface area contributed by atoms with Gasteiger partial charge in [0.1, 0.15) is 11.8 Å². The smallest absolute Gasteiger partial charge is 0.265 e. The van der Waals surface area contributed by atoms with Crippen LogP contribution in [-0.4, -0.2) is 43.2 Å². The van der Waals surface area contributed by atoms with Gasteiger partial charge in [-0.15, -0.1) is 0 Å². The number of halogens is 1. The summed E-state index contributed by atoms with van der Waals surface area (Å²) in [5, 5.41) is 6.06. The van der Waals surface area contributed by atoms with Gasteiger partial charge in [0.15, 0.2) is 6.10 Å². The molecule has 2 amide bonds. The molecule has 170 valence electrons. The molecule has 0 aliphatic carbocycles. The Bertz CT molecular complexity index is 1180. The third kappa shape index (κ3) is 4.20. The Morgan fingerprint density at radius 1 is 1.31 bits per heavy atom. The third-order valence-corrected chi connectivity index (χ3v) is 8.13. The molecule has 2 aromatic rings. The molecular weight excluding hydrogens is 454 g/mol. The van der Waals surface area contributed by atoms with Crippen LogP contribution in [0.5, 0.6) is 5.75 Å². The van der Waals surface area contributed by atoms with Gasteiger partial charge >= 0.3 is 0 Å². The highest BCUT2D eigenvalue weighted by Gasteiger charge is 2.40. The van der Waals surface area contributed by atoms with Gasteiger partial charge in [-0.1, -0.05) is 29.8 Å². The van der Waals surface area contributed by atoms with Crippen LogP contribution in [0.4, 0.5) is 5.69 Å². The third-order valence-electron chi connectivity index (χ3n) is 5.71. The van der Waals surface area contributed by atoms with E-state index in [4.69, 9.17) is 16.3 Å². The van der Waals surface area contributed by atoms with E-state index in [0.717, 1.165) is 5.56 Å². The quantitative estimate of drug-likeness (QED) is 0.689. The second kappa shape index (κ2) is 8.73. The summed E-state index contributed by atoms with van der Waals surface area (Å²) in [5.74, 6) is -0.360. The molecular formula is C22H24ClN3O5S. The lowest BCUT2D eigenvalue weighted by Crippen LogP contribution is -2.45. The van der Waals surface area contributed by atoms with Crippen LogP contribution in [0.3, 0.4) is 0 Å². The summed E-state index contributed by atoms with van der Waals surface area (Å²) in [6.07, 6.45) is 0.286. The zero-order valence-electron chi connectivity index (χ0n) is 17.7. The summed E-state index contributed by atoms with van der Waals surface area (Å²) in [6, 6.07) is 9.36. The number of nitrogens with zero attached hydrogens (tertiary/aromatic N) is 1. The van der Waals surface area contributed by atoms with E-state index in [9.17, 15) is 18.0 Å². The number of carbonyl (C=O) groups is 2. The van der Waals surface area contributed by atoms with E-state index in [-0.39, 0.29) is 29.8 Å². The van der Waals surface area contributed by atoms with Crippen LogP contribution in [0.15, 0.2) is 41.3 Å². The lowest BCUT2D eigenvalue weighted by atomic mass is 10.1. The van der Waals surface area contributed by atoms with E-state index in [2.05, 4.69) is 10.6 Å². The minimum atomic E-state index is -3.97. The fourth-order valence-electron chi connectivity index (χ4n) is 3.98. The van der Waals surface area contributed by atoms with Crippen LogP contribution < -0.4 is 15.4 Å². The number of hydrogen-bond donors (Lipinski definition) is 2. The van der Waals surface area contributed by atoms with E-state index in [1.54, 1.807) is 32.0 Å². The van der Waals surface area contributed by atoms with E-state index in [0.29, 0.717) is 34.9 Å². The molecule has 2 N–H and O–H groups in total. The average molecular weight is 478 g/mol. The van der Waals surface area contributed by atoms with Crippen molar-refractivity contribution >= 4 is 39.1 Å². The number of fused-ring (bicyclic) bond motifs is 1. The summed E-state index contributed by atoms with van der Waals surface area (Å²) in [5.41, 5.74) is 1.65. The molecule has 8 nitrogen and oxygen atoms in total. The number of rotatable bonds is 5. The van der Waals surface area contributed by atoms with Crippen molar-refractivity contribution < 1.29 is 22.7 Å². The number of aryl methyl sites for hydroxylation is 1. The predicted octanol–water partition coefficient (Wildman–Crippen LogP) is 2.84. The summed E-state index contributed by atoms with van der Waals surface area (Å²) >= 11 is 6.15. The molecule has 0 aromatic heterocycles. The van der Waals surface area contributed by atoms with E-state index in [1.165, 1.54) is 10.4 Å². The molecule has 1 saturated heterocycles. The van der Waals surface area contributed by atoms with Gasteiger partial charge in [-0.3, -0.25) is 9.59 Å². The van der Waals surface area contributed by atoms with Crippen LogP contribution in [0, 0.1) is 6.92 Å². The molecule has 2 aromatic carbocycles. The molecule has 1 fully saturated rings. The van der Waals surface area contributed by atoms with Crippen LogP contribution in [-0.2, 0) is 26.2 Å². The Morgan fingerprint density at radius 2 is 2.06 bits per heavy atom. The highest BCUT2D eigenvalue weighted by atomic mass is 35.5. The second-order valence-electron chi connectivity index (χ2n) is 7.95. The summed E-state index contributed by atoms with van der Waals surface area (Å²) in [7, 11) is -3.97. The van der Waals surface area contributed by atoms with Crippen LogP contribution >= 0.6 is 11.6 Å². The molecule has 2 heterocycles. The molecule has 0 radical (unpaired) electrons. The molecule has 0 bridgehead atoms. The lowest BCUT2D eigenvalue weighted by molar-refractivity contribution is -0.124. The summed E-state index contributed by atoms with van der Waals surface area (Å²) in [6.45, 7) is 3.70. The van der Waals surface area contributed by atoms with Crippen molar-refractivity contribution in [3.8, 4) is 5.75 Å². The fraction of sp³-hybridized carbons (Fsp3) is 0.364. The average Bonchev–Trinajstić information content (AvgIpc) is 3.25. The minimum absolute atomic E-state index is 0.0606. The van der Waals surface area contributed by atoms with Gasteiger partial charge < -0.3 is 15.4 Å². The molecule has 0 unspecified atom stereocenters. The minimum Gasteiger partial charge on any atom is -0.479 e. The standard InChI is InChI=1S/C22H24ClN3O5S/c1-13-10-17-19(31-14(2)21(27)25-17)11-20(13)32(29,30)26-9-5-8-18(26)22(28)24-12-15-6-3-4-7-16(15)23/h3-4,6-7,10-11,14,18H,5,8-9,12H2,1-2H3,(H,24,28)(H,25,27)/t14-,18+/m0/s1. The van der Waals surface area contributed by atoms with Crippen LogP contribution in [0.25, 0.3) is 0 Å². The van der Waals surface area contributed by atoms with Gasteiger partial charge in [0.2, 0.25) is 15.9 Å². The molecule has 0 spiro atoms. The number of carbonyl (C=O) groups excluding carboxylic acids is 2. The largest absolute Gasteiger partial charge is 0.479 e. The lowest BCUT2D eigenvalue weighted by Gasteiger charge is -2.27. The number of nitrogens with one attached hydrogen (secondary N) is 2. The van der Waals surface area contributed by atoms with Crippen LogP contribution in [0.2, 0.25) is 5.02 Å². The van der Waals surface area contributed by atoms with Crippen molar-refractivity contribution in [1.82, 2.24) is 9.62 Å². The van der Waals surface area contributed by atoms with Gasteiger partial charge in [-0.25, -0.2) is 8.42 Å². The summed E-state index contributed by atoms with van der Waals surface area (Å²) in [4.78, 5) is 24.8. The molecule has 4 rings (SSSR count). The fourth-order valence-corrected chi connectivity index (χ4v) is 6.06. The first-order chi connectivity index (χ1) is 15.2. The molecule has 10 heteroatoms. The van der Waals surface area contributed by atoms with Crippen molar-refractivity contribution in [1.29, 1.82) is 0 Å². The molecule has 2 atom stereocenters. The van der Waals surface area contributed by atoms with Crippen molar-refractivity contribution in [3.63, 3.8) is 0 Å². The number of anilines is 1. The number of benzene rings is 2. The van der Waals surface area contributed by atoms with Gasteiger partial charge in [0, 0.05) is 24.2 Å². The Balaban J connectivity index is 1.57. The number of hydrogen-bond acceptors (Lipinski definition) is 5. The highest BCUT2D eigenvalue weighted by molar-refractivity contribution is 7.89. The first kappa shape index (κ1) is 22.6. The zero-order chi connectivity index (χ0) is 23.0. The van der Waals surface area contributed by atoms with Gasteiger partial charge in [0.25, 0.3) is 5.91 Å². The first-order valence-electron chi connectivity index (χ1n) is 10.3. The highest BCUT2D eigenvalue weighted by Crippen LogP contribution is 2.37. The molecule has 32 heavy (non-hydrogen) atoms. The maximum atomic E-state index is 13.5. The Morgan fingerprint density at radius 3 is 2.81 bits per heavy atom. The van der Waals surface area contributed by atoms with Crippen LogP contribution in [0.1, 0.15) is 30.9 Å². The number of amides is 2. The van der Waals surface area contributed by atoms with E-state index in [1.807, 2.05) is 12.1 Å². The maximum absolute atomic E-state index is 13.5. The van der Waals surface area contributed by atoms with Gasteiger partial charge in [-0.05, 0) is 49.9 Å². The van der Waals surface area contributed by atoms with Gasteiger partial charge in [-0.2, -0.15) is 4.31 Å². The number of ether oxygens (including phenoxy) is 1. The Labute approximate surface area is 191 Å².